The van der Waals surface area contributed by atoms with Crippen LogP contribution in [0.4, 0.5) is 4.79 Å². The van der Waals surface area contributed by atoms with Crippen molar-refractivity contribution >= 4 is 24.0 Å². The quantitative estimate of drug-likeness (QED) is 0.433. The number of ether oxygens (including phenoxy) is 3. The Morgan fingerprint density at radius 2 is 1.95 bits per heavy atom. The third-order valence-electron chi connectivity index (χ3n) is 6.16. The molecule has 1 aromatic carbocycles. The second-order valence-corrected chi connectivity index (χ2v) is 10.1. The highest BCUT2D eigenvalue weighted by Crippen LogP contribution is 2.30. The van der Waals surface area contributed by atoms with E-state index in [4.69, 9.17) is 14.2 Å². The van der Waals surface area contributed by atoms with Gasteiger partial charge in [0.05, 0.1) is 7.11 Å². The molecule has 0 radical (unpaired) electrons. The molecule has 1 saturated heterocycles. The predicted octanol–water partition coefficient (Wildman–Crippen LogP) is 3.93. The van der Waals surface area contributed by atoms with Crippen LogP contribution < -0.4 is 20.1 Å². The van der Waals surface area contributed by atoms with Gasteiger partial charge in [0, 0.05) is 25.1 Å². The molecule has 2 N–H and O–H groups in total. The fourth-order valence-corrected chi connectivity index (χ4v) is 4.07. The molecule has 2 rings (SSSR count). The van der Waals surface area contributed by atoms with Crippen molar-refractivity contribution in [1.29, 1.82) is 0 Å². The lowest BCUT2D eigenvalue weighted by atomic mass is 9.97. The number of hydrogen-bond acceptors (Lipinski definition) is 6. The van der Waals surface area contributed by atoms with Crippen LogP contribution in [0.1, 0.15) is 53.0 Å². The van der Waals surface area contributed by atoms with Crippen molar-refractivity contribution < 1.29 is 28.6 Å². The van der Waals surface area contributed by atoms with Gasteiger partial charge in [0.25, 0.3) is 0 Å². The van der Waals surface area contributed by atoms with Gasteiger partial charge in [-0.25, -0.2) is 4.79 Å². The second kappa shape index (κ2) is 13.2. The molecular weight excluding hydrogens is 474 g/mol. The van der Waals surface area contributed by atoms with E-state index in [1.54, 1.807) is 58.2 Å². The van der Waals surface area contributed by atoms with Crippen molar-refractivity contribution in [2.45, 2.75) is 71.2 Å². The van der Waals surface area contributed by atoms with Crippen molar-refractivity contribution in [2.75, 3.05) is 20.2 Å². The number of benzene rings is 1. The largest absolute Gasteiger partial charge is 0.496 e. The summed E-state index contributed by atoms with van der Waals surface area (Å²) < 4.78 is 17.1. The molecule has 0 aliphatic carbocycles. The Balaban J connectivity index is 2.36. The van der Waals surface area contributed by atoms with Crippen molar-refractivity contribution in [3.05, 3.63) is 43.0 Å². The van der Waals surface area contributed by atoms with Crippen molar-refractivity contribution in [3.8, 4) is 11.5 Å². The number of hydrogen-bond donors (Lipinski definition) is 2. The van der Waals surface area contributed by atoms with Crippen LogP contribution in [0.3, 0.4) is 0 Å². The van der Waals surface area contributed by atoms with E-state index in [9.17, 15) is 14.4 Å². The number of methoxy groups -OCH3 is 1. The Bertz CT molecular complexity index is 987. The van der Waals surface area contributed by atoms with Gasteiger partial charge in [-0.15, -0.1) is 6.58 Å². The normalized spacial score (nSPS) is 18.8. The summed E-state index contributed by atoms with van der Waals surface area (Å²) in [4.78, 5) is 40.9. The average molecular weight is 516 g/mol. The van der Waals surface area contributed by atoms with Gasteiger partial charge in [0.15, 0.2) is 6.04 Å². The van der Waals surface area contributed by atoms with Crippen LogP contribution >= 0.6 is 0 Å². The summed E-state index contributed by atoms with van der Waals surface area (Å²) in [7, 11) is 1.57. The predicted molar refractivity (Wildman–Crippen MR) is 143 cm³/mol. The first-order valence-corrected chi connectivity index (χ1v) is 12.6. The van der Waals surface area contributed by atoms with E-state index < -0.39 is 35.8 Å². The van der Waals surface area contributed by atoms with Gasteiger partial charge < -0.3 is 24.8 Å². The van der Waals surface area contributed by atoms with Gasteiger partial charge in [-0.3, -0.25) is 14.5 Å². The van der Waals surface area contributed by atoms with Gasteiger partial charge in [0.2, 0.25) is 11.8 Å². The Kier molecular flexibility index (Phi) is 10.6. The fourth-order valence-electron chi connectivity index (χ4n) is 4.07. The Labute approximate surface area is 220 Å². The fraction of sp³-hybridized carbons (Fsp3) is 0.536. The zero-order valence-electron chi connectivity index (χ0n) is 22.8. The third kappa shape index (κ3) is 8.00. The number of carbonyl (C=O) groups excluding carboxylic acids is 3. The smallest absolute Gasteiger partial charge is 0.411 e. The number of nitrogens with one attached hydrogen (secondary N) is 2. The van der Waals surface area contributed by atoms with Crippen LogP contribution in [-0.4, -0.2) is 66.8 Å². The molecule has 9 nitrogen and oxygen atoms in total. The van der Waals surface area contributed by atoms with E-state index in [0.717, 1.165) is 5.56 Å². The first-order chi connectivity index (χ1) is 17.4. The van der Waals surface area contributed by atoms with E-state index in [1.165, 1.54) is 4.90 Å². The summed E-state index contributed by atoms with van der Waals surface area (Å²) in [5.41, 5.74) is -0.00542. The van der Waals surface area contributed by atoms with E-state index in [0.29, 0.717) is 24.3 Å². The maximum absolute atomic E-state index is 13.7. The molecule has 4 atom stereocenters. The standard InChI is InChI=1S/C28H41N3O6/c1-9-15-29-25(32)23(18(4)10-2)30-26(33)24-22(14-16-31(24)27(34)37-28(5,6)7)36-20-12-13-21(35-8)19(11-3)17-20/h9,11-13,17-18,22-24H,1,3,10,14-16H2,2,4-8H3,(H,29,32)(H,30,33)/t18-,22-,23-,24-/m0/s1. The molecule has 1 aliphatic heterocycles. The third-order valence-corrected chi connectivity index (χ3v) is 6.16. The Morgan fingerprint density at radius 3 is 2.51 bits per heavy atom. The molecule has 0 unspecified atom stereocenters. The number of amides is 3. The lowest BCUT2D eigenvalue weighted by molar-refractivity contribution is -0.133. The lowest BCUT2D eigenvalue weighted by Gasteiger charge is -2.32. The minimum absolute atomic E-state index is 0.138. The lowest BCUT2D eigenvalue weighted by Crippen LogP contribution is -2.58. The summed E-state index contributed by atoms with van der Waals surface area (Å²) in [6.07, 6.45) is 3.02. The van der Waals surface area contributed by atoms with Crippen molar-refractivity contribution in [1.82, 2.24) is 15.5 Å². The highest BCUT2D eigenvalue weighted by atomic mass is 16.6. The molecule has 1 heterocycles. The summed E-state index contributed by atoms with van der Waals surface area (Å²) in [5.74, 6) is 0.214. The number of carbonyl (C=O) groups is 3. The summed E-state index contributed by atoms with van der Waals surface area (Å²) in [6.45, 7) is 17.1. The first kappa shape index (κ1) is 29.7. The summed E-state index contributed by atoms with van der Waals surface area (Å²) in [6, 6.07) is 3.48. The monoisotopic (exact) mass is 515 g/mol. The molecule has 0 bridgehead atoms. The second-order valence-electron chi connectivity index (χ2n) is 10.1. The Morgan fingerprint density at radius 1 is 1.24 bits per heavy atom. The average Bonchev–Trinajstić information content (AvgIpc) is 3.27. The summed E-state index contributed by atoms with van der Waals surface area (Å²) in [5, 5.41) is 5.63. The number of nitrogens with zero attached hydrogens (tertiary/aromatic N) is 1. The van der Waals surface area contributed by atoms with E-state index in [-0.39, 0.29) is 24.9 Å². The van der Waals surface area contributed by atoms with Gasteiger partial charge in [-0.05, 0) is 44.9 Å². The molecule has 37 heavy (non-hydrogen) atoms. The van der Waals surface area contributed by atoms with Crippen LogP contribution in [0.5, 0.6) is 11.5 Å². The van der Waals surface area contributed by atoms with E-state index in [2.05, 4.69) is 23.8 Å². The van der Waals surface area contributed by atoms with Gasteiger partial charge >= 0.3 is 6.09 Å². The van der Waals surface area contributed by atoms with Crippen molar-refractivity contribution in [2.24, 2.45) is 5.92 Å². The van der Waals surface area contributed by atoms with E-state index >= 15 is 0 Å². The van der Waals surface area contributed by atoms with E-state index in [1.807, 2.05) is 13.8 Å². The molecule has 1 aliphatic rings. The van der Waals surface area contributed by atoms with Crippen LogP contribution in [-0.2, 0) is 14.3 Å². The van der Waals surface area contributed by atoms with Crippen LogP contribution in [0.25, 0.3) is 6.08 Å². The molecule has 0 saturated carbocycles. The zero-order valence-corrected chi connectivity index (χ0v) is 22.8. The molecule has 9 heteroatoms. The van der Waals surface area contributed by atoms with Gasteiger partial charge in [0.1, 0.15) is 29.2 Å². The molecule has 204 valence electrons. The highest BCUT2D eigenvalue weighted by Gasteiger charge is 2.46. The molecule has 3 amide bonds. The Hall–Kier alpha value is -3.49. The number of rotatable bonds is 11. The molecular formula is C28H41N3O6. The van der Waals surface area contributed by atoms with Gasteiger partial charge in [-0.2, -0.15) is 0 Å². The maximum atomic E-state index is 13.7. The maximum Gasteiger partial charge on any atom is 0.411 e. The molecule has 0 aromatic heterocycles. The van der Waals surface area contributed by atoms with Gasteiger partial charge in [-0.1, -0.05) is 39.0 Å². The topological polar surface area (TPSA) is 106 Å². The summed E-state index contributed by atoms with van der Waals surface area (Å²) >= 11 is 0. The number of likely N-dealkylation sites (tertiary alicyclic amines) is 1. The molecule has 1 fully saturated rings. The minimum atomic E-state index is -0.997. The molecule has 1 aromatic rings. The minimum Gasteiger partial charge on any atom is -0.496 e. The highest BCUT2D eigenvalue weighted by molar-refractivity contribution is 5.92. The molecule has 0 spiro atoms. The van der Waals surface area contributed by atoms with Crippen LogP contribution in [0, 0.1) is 5.92 Å². The van der Waals surface area contributed by atoms with Crippen molar-refractivity contribution in [3.63, 3.8) is 0 Å². The van der Waals surface area contributed by atoms with Crippen LogP contribution in [0.15, 0.2) is 37.4 Å². The first-order valence-electron chi connectivity index (χ1n) is 12.6. The SMILES string of the molecule is C=CCNC(=O)[C@@H](NC(=O)[C@@H]1[C@@H](Oc2ccc(OC)c(C=C)c2)CCN1C(=O)OC(C)(C)C)[C@@H](C)CC. The van der Waals surface area contributed by atoms with Crippen LogP contribution in [0.2, 0.25) is 0 Å². The zero-order chi connectivity index (χ0) is 27.8.